The average Bonchev–Trinajstić information content (AvgIpc) is 2.61. The molecular weight excluding hydrogens is 344 g/mol. The third-order valence-corrected chi connectivity index (χ3v) is 4.07. The van der Waals surface area contributed by atoms with Gasteiger partial charge in [-0.2, -0.15) is 0 Å². The number of carbonyl (C=O) groups is 3. The van der Waals surface area contributed by atoms with Crippen molar-refractivity contribution in [3.63, 3.8) is 0 Å². The third-order valence-electron chi connectivity index (χ3n) is 4.07. The van der Waals surface area contributed by atoms with Gasteiger partial charge < -0.3 is 24.8 Å². The van der Waals surface area contributed by atoms with E-state index in [0.717, 1.165) is 6.08 Å². The summed E-state index contributed by atoms with van der Waals surface area (Å²) >= 11 is 0. The molecule has 0 amide bonds. The van der Waals surface area contributed by atoms with Crippen LogP contribution in [-0.2, 0) is 4.74 Å². The number of ketones is 3. The van der Waals surface area contributed by atoms with E-state index in [1.54, 1.807) is 0 Å². The van der Waals surface area contributed by atoms with Crippen molar-refractivity contribution in [3.8, 4) is 5.75 Å². The summed E-state index contributed by atoms with van der Waals surface area (Å²) in [5, 5.41) is 28.8. The van der Waals surface area contributed by atoms with Gasteiger partial charge in [0, 0.05) is 5.56 Å². The number of ether oxygens (including phenoxy) is 2. The van der Waals surface area contributed by atoms with Gasteiger partial charge in [0.05, 0.1) is 24.8 Å². The molecule has 0 saturated carbocycles. The Balaban J connectivity index is 2.56. The Morgan fingerprint density at radius 1 is 1.12 bits per heavy atom. The highest BCUT2D eigenvalue weighted by molar-refractivity contribution is 6.15. The lowest BCUT2D eigenvalue weighted by Crippen LogP contribution is -2.44. The molecular formula is C18H20O8. The van der Waals surface area contributed by atoms with Gasteiger partial charge in [0.2, 0.25) is 5.78 Å². The van der Waals surface area contributed by atoms with Crippen molar-refractivity contribution in [1.29, 1.82) is 0 Å². The summed E-state index contributed by atoms with van der Waals surface area (Å²) < 4.78 is 10.5. The molecule has 3 atom stereocenters. The summed E-state index contributed by atoms with van der Waals surface area (Å²) in [4.78, 5) is 36.6. The predicted octanol–water partition coefficient (Wildman–Crippen LogP) is 0.280. The second kappa shape index (κ2) is 7.77. The third kappa shape index (κ3) is 3.52. The van der Waals surface area contributed by atoms with Gasteiger partial charge in [0.1, 0.15) is 18.0 Å². The SMILES string of the molecule is COc1c(C(=O)C2=C[C@@H](O)[C@H](O)[C@@H](CO)O2)ccc(C(C)=O)c1C(C)=O. The standard InChI is InChI=1S/C18H20O8/c1-8(20)10-4-5-11(18(25-3)15(10)9(2)21)16(23)13-6-12(22)17(24)14(7-19)26-13/h4-6,12,14,17,19,22,24H,7H2,1-3H3/t12-,14-,17+/m1/s1. The number of aliphatic hydroxyl groups excluding tert-OH is 3. The maximum absolute atomic E-state index is 12.8. The zero-order valence-corrected chi connectivity index (χ0v) is 14.6. The Hall–Kier alpha value is -2.55. The van der Waals surface area contributed by atoms with Crippen LogP contribution in [0.25, 0.3) is 0 Å². The van der Waals surface area contributed by atoms with Gasteiger partial charge in [-0.05, 0) is 32.1 Å². The molecule has 1 heterocycles. The van der Waals surface area contributed by atoms with Crippen LogP contribution < -0.4 is 4.74 Å². The average molecular weight is 364 g/mol. The Bertz CT molecular complexity index is 780. The normalized spacial score (nSPS) is 22.2. The van der Waals surface area contributed by atoms with E-state index >= 15 is 0 Å². The van der Waals surface area contributed by atoms with Gasteiger partial charge in [-0.3, -0.25) is 14.4 Å². The lowest BCUT2D eigenvalue weighted by atomic mass is 9.93. The van der Waals surface area contributed by atoms with Gasteiger partial charge in [0.25, 0.3) is 0 Å². The molecule has 0 saturated heterocycles. The second-order valence-electron chi connectivity index (χ2n) is 5.86. The number of carbonyl (C=O) groups excluding carboxylic acids is 3. The second-order valence-corrected chi connectivity index (χ2v) is 5.86. The topological polar surface area (TPSA) is 130 Å². The van der Waals surface area contributed by atoms with Gasteiger partial charge in [0.15, 0.2) is 23.4 Å². The molecule has 3 N–H and O–H groups in total. The first-order valence-electron chi connectivity index (χ1n) is 7.85. The molecule has 26 heavy (non-hydrogen) atoms. The van der Waals surface area contributed by atoms with Crippen LogP contribution in [0.15, 0.2) is 24.0 Å². The van der Waals surface area contributed by atoms with E-state index < -0.39 is 36.5 Å². The van der Waals surface area contributed by atoms with Crippen molar-refractivity contribution >= 4 is 17.3 Å². The molecule has 0 radical (unpaired) electrons. The first kappa shape index (κ1) is 19.8. The van der Waals surface area contributed by atoms with E-state index in [-0.39, 0.29) is 34.0 Å². The van der Waals surface area contributed by atoms with Crippen molar-refractivity contribution in [3.05, 3.63) is 40.7 Å². The molecule has 1 aromatic rings. The number of Topliss-reactive ketones (excluding diaryl/α,β-unsaturated/α-hetero) is 3. The van der Waals surface area contributed by atoms with Crippen molar-refractivity contribution in [2.45, 2.75) is 32.2 Å². The molecule has 0 aromatic heterocycles. The first-order valence-corrected chi connectivity index (χ1v) is 7.85. The van der Waals surface area contributed by atoms with Gasteiger partial charge in [-0.15, -0.1) is 0 Å². The number of allylic oxidation sites excluding steroid dienone is 1. The van der Waals surface area contributed by atoms with E-state index in [1.165, 1.54) is 33.1 Å². The highest BCUT2D eigenvalue weighted by atomic mass is 16.5. The van der Waals surface area contributed by atoms with E-state index in [0.29, 0.717) is 0 Å². The largest absolute Gasteiger partial charge is 0.495 e. The zero-order chi connectivity index (χ0) is 19.6. The smallest absolute Gasteiger partial charge is 0.231 e. The maximum Gasteiger partial charge on any atom is 0.231 e. The van der Waals surface area contributed by atoms with Crippen LogP contribution in [0.4, 0.5) is 0 Å². The summed E-state index contributed by atoms with van der Waals surface area (Å²) in [5.74, 6) is -1.92. The highest BCUT2D eigenvalue weighted by Crippen LogP contribution is 2.31. The molecule has 1 aromatic carbocycles. The number of hydrogen-bond acceptors (Lipinski definition) is 8. The molecule has 2 rings (SSSR count). The summed E-state index contributed by atoms with van der Waals surface area (Å²) in [6, 6.07) is 2.66. The quantitative estimate of drug-likeness (QED) is 0.614. The minimum atomic E-state index is -1.41. The van der Waals surface area contributed by atoms with Gasteiger partial charge in [-0.1, -0.05) is 0 Å². The lowest BCUT2D eigenvalue weighted by molar-refractivity contribution is -0.0883. The fourth-order valence-electron chi connectivity index (χ4n) is 2.77. The van der Waals surface area contributed by atoms with E-state index in [9.17, 15) is 29.7 Å². The molecule has 0 bridgehead atoms. The molecule has 1 aliphatic rings. The summed E-state index contributed by atoms with van der Waals surface area (Å²) in [6.07, 6.45) is -2.95. The monoisotopic (exact) mass is 364 g/mol. The molecule has 8 heteroatoms. The molecule has 140 valence electrons. The molecule has 0 fully saturated rings. The van der Waals surface area contributed by atoms with E-state index in [2.05, 4.69) is 0 Å². The van der Waals surface area contributed by atoms with Crippen molar-refractivity contribution in [1.82, 2.24) is 0 Å². The Kier molecular flexibility index (Phi) is 5.91. The maximum atomic E-state index is 12.8. The van der Waals surface area contributed by atoms with Crippen molar-refractivity contribution < 1.29 is 39.2 Å². The van der Waals surface area contributed by atoms with Gasteiger partial charge >= 0.3 is 0 Å². The van der Waals surface area contributed by atoms with Crippen molar-refractivity contribution in [2.75, 3.05) is 13.7 Å². The minimum Gasteiger partial charge on any atom is -0.495 e. The van der Waals surface area contributed by atoms with E-state index in [1.807, 2.05) is 0 Å². The Morgan fingerprint density at radius 3 is 2.23 bits per heavy atom. The van der Waals surface area contributed by atoms with Crippen LogP contribution in [0.5, 0.6) is 5.75 Å². The molecule has 0 spiro atoms. The summed E-state index contributed by atoms with van der Waals surface area (Å²) in [7, 11) is 1.26. The predicted molar refractivity (Wildman–Crippen MR) is 89.4 cm³/mol. The van der Waals surface area contributed by atoms with Crippen molar-refractivity contribution in [2.24, 2.45) is 0 Å². The molecule has 0 aliphatic carbocycles. The Morgan fingerprint density at radius 2 is 1.73 bits per heavy atom. The summed E-state index contributed by atoms with van der Waals surface area (Å²) in [6.45, 7) is 1.93. The molecule has 0 unspecified atom stereocenters. The molecule has 1 aliphatic heterocycles. The van der Waals surface area contributed by atoms with E-state index in [4.69, 9.17) is 9.47 Å². The van der Waals surface area contributed by atoms with Crippen LogP contribution >= 0.6 is 0 Å². The number of methoxy groups -OCH3 is 1. The number of rotatable bonds is 6. The fourth-order valence-corrected chi connectivity index (χ4v) is 2.77. The van der Waals surface area contributed by atoms with Crippen LogP contribution in [0.2, 0.25) is 0 Å². The number of hydrogen-bond donors (Lipinski definition) is 3. The van der Waals surface area contributed by atoms with Crippen LogP contribution in [0, 0.1) is 0 Å². The number of aliphatic hydroxyl groups is 3. The van der Waals surface area contributed by atoms with Crippen LogP contribution in [-0.4, -0.2) is 64.7 Å². The van der Waals surface area contributed by atoms with Crippen LogP contribution in [0.1, 0.15) is 44.9 Å². The first-order chi connectivity index (χ1) is 12.2. The highest BCUT2D eigenvalue weighted by Gasteiger charge is 2.35. The van der Waals surface area contributed by atoms with Gasteiger partial charge in [-0.25, -0.2) is 0 Å². The Labute approximate surface area is 149 Å². The summed E-state index contributed by atoms with van der Waals surface area (Å²) in [5.41, 5.74) is 0.0453. The fraction of sp³-hybridized carbons (Fsp3) is 0.389. The zero-order valence-electron chi connectivity index (χ0n) is 14.6. The van der Waals surface area contributed by atoms with Crippen LogP contribution in [0.3, 0.4) is 0 Å². The number of benzene rings is 1. The minimum absolute atomic E-state index is 0.0263. The lowest BCUT2D eigenvalue weighted by Gasteiger charge is -2.30. The molecule has 8 nitrogen and oxygen atoms in total.